The lowest BCUT2D eigenvalue weighted by Gasteiger charge is -2.26. The summed E-state index contributed by atoms with van der Waals surface area (Å²) >= 11 is 1.63. The van der Waals surface area contributed by atoms with Gasteiger partial charge >= 0.3 is 0 Å². The van der Waals surface area contributed by atoms with Crippen LogP contribution in [0.4, 0.5) is 0 Å². The first-order valence-corrected chi connectivity index (χ1v) is 5.94. The van der Waals surface area contributed by atoms with Crippen LogP contribution in [0.1, 0.15) is 25.1 Å². The van der Waals surface area contributed by atoms with Crippen molar-refractivity contribution in [2.75, 3.05) is 13.7 Å². The third-order valence-corrected chi connectivity index (χ3v) is 3.70. The zero-order chi connectivity index (χ0) is 11.3. The Kier molecular flexibility index (Phi) is 4.57. The van der Waals surface area contributed by atoms with Crippen LogP contribution in [0.3, 0.4) is 0 Å². The fourth-order valence-corrected chi connectivity index (χ4v) is 1.91. The van der Waals surface area contributed by atoms with Crippen molar-refractivity contribution in [3.05, 3.63) is 17.0 Å². The van der Waals surface area contributed by atoms with E-state index < -0.39 is 0 Å². The van der Waals surface area contributed by atoms with Gasteiger partial charge in [-0.1, -0.05) is 6.92 Å². The van der Waals surface area contributed by atoms with Gasteiger partial charge in [0.25, 0.3) is 0 Å². The molecule has 15 heavy (non-hydrogen) atoms. The summed E-state index contributed by atoms with van der Waals surface area (Å²) in [6, 6.07) is 4.01. The van der Waals surface area contributed by atoms with Gasteiger partial charge in [0.15, 0.2) is 5.06 Å². The molecule has 4 heteroatoms. The minimum Gasteiger partial charge on any atom is -0.487 e. The number of nitrogens with one attached hydrogen (secondary N) is 1. The van der Waals surface area contributed by atoms with Crippen LogP contribution in [0.5, 0.6) is 5.06 Å². The summed E-state index contributed by atoms with van der Waals surface area (Å²) in [7, 11) is 1.67. The number of aliphatic hydroxyl groups is 1. The normalized spacial score (nSPS) is 14.9. The summed E-state index contributed by atoms with van der Waals surface area (Å²) in [6.07, 6.45) is 0.909. The van der Waals surface area contributed by atoms with Gasteiger partial charge in [-0.15, -0.1) is 11.3 Å². The van der Waals surface area contributed by atoms with E-state index in [9.17, 15) is 5.11 Å². The summed E-state index contributed by atoms with van der Waals surface area (Å²) in [5, 5.41) is 13.5. The van der Waals surface area contributed by atoms with E-state index in [2.05, 4.69) is 12.2 Å². The van der Waals surface area contributed by atoms with Crippen molar-refractivity contribution < 1.29 is 9.84 Å². The third kappa shape index (κ3) is 3.48. The predicted molar refractivity (Wildman–Crippen MR) is 63.5 cm³/mol. The van der Waals surface area contributed by atoms with Crippen LogP contribution in [0.2, 0.25) is 0 Å². The Morgan fingerprint density at radius 2 is 2.27 bits per heavy atom. The molecule has 0 aromatic carbocycles. The Morgan fingerprint density at radius 3 is 2.73 bits per heavy atom. The molecule has 1 atom stereocenters. The monoisotopic (exact) mass is 229 g/mol. The van der Waals surface area contributed by atoms with Gasteiger partial charge in [0.1, 0.15) is 0 Å². The maximum absolute atomic E-state index is 9.23. The van der Waals surface area contributed by atoms with Crippen molar-refractivity contribution in [1.29, 1.82) is 0 Å². The number of hydrogen-bond donors (Lipinski definition) is 2. The molecule has 0 saturated carbocycles. The van der Waals surface area contributed by atoms with Gasteiger partial charge in [-0.25, -0.2) is 0 Å². The molecular weight excluding hydrogens is 210 g/mol. The summed E-state index contributed by atoms with van der Waals surface area (Å²) in [5.41, 5.74) is -0.183. The maximum Gasteiger partial charge on any atom is 0.173 e. The van der Waals surface area contributed by atoms with Gasteiger partial charge in [0.05, 0.1) is 13.7 Å². The molecule has 0 fully saturated rings. The Labute approximate surface area is 95.1 Å². The summed E-state index contributed by atoms with van der Waals surface area (Å²) in [5.74, 6) is 0. The summed E-state index contributed by atoms with van der Waals surface area (Å²) < 4.78 is 5.12. The van der Waals surface area contributed by atoms with Crippen LogP contribution < -0.4 is 10.1 Å². The van der Waals surface area contributed by atoms with E-state index in [1.54, 1.807) is 18.4 Å². The van der Waals surface area contributed by atoms with Crippen LogP contribution in [0.25, 0.3) is 0 Å². The highest BCUT2D eigenvalue weighted by Crippen LogP contribution is 2.24. The highest BCUT2D eigenvalue weighted by atomic mass is 32.1. The molecule has 0 bridgehead atoms. The number of methoxy groups -OCH3 is 1. The Balaban J connectivity index is 2.49. The lowest BCUT2D eigenvalue weighted by atomic mass is 10.0. The molecule has 86 valence electrons. The van der Waals surface area contributed by atoms with Gasteiger partial charge in [-0.2, -0.15) is 0 Å². The van der Waals surface area contributed by atoms with Crippen molar-refractivity contribution >= 4 is 11.3 Å². The van der Waals surface area contributed by atoms with Crippen molar-refractivity contribution in [2.24, 2.45) is 0 Å². The van der Waals surface area contributed by atoms with Crippen LogP contribution in [-0.4, -0.2) is 24.4 Å². The second kappa shape index (κ2) is 5.49. The van der Waals surface area contributed by atoms with E-state index in [1.807, 2.05) is 19.1 Å². The summed E-state index contributed by atoms with van der Waals surface area (Å²) in [6.45, 7) is 5.03. The van der Waals surface area contributed by atoms with E-state index in [1.165, 1.54) is 4.88 Å². The fourth-order valence-electron chi connectivity index (χ4n) is 1.16. The van der Waals surface area contributed by atoms with Crippen LogP contribution in [-0.2, 0) is 6.54 Å². The second-order valence-corrected chi connectivity index (χ2v) is 4.98. The first-order valence-electron chi connectivity index (χ1n) is 5.12. The van der Waals surface area contributed by atoms with E-state index >= 15 is 0 Å². The standard InChI is InChI=1S/C11H19NO2S/c1-4-11(2,8-13)12-7-9-5-6-10(14-3)15-9/h5-6,12-13H,4,7-8H2,1-3H3. The SMILES string of the molecule is CCC(C)(CO)NCc1ccc(OC)s1. The van der Waals surface area contributed by atoms with Crippen LogP contribution in [0, 0.1) is 0 Å². The maximum atomic E-state index is 9.23. The van der Waals surface area contributed by atoms with Gasteiger partial charge in [0, 0.05) is 17.0 Å². The predicted octanol–water partition coefficient (Wildman–Crippen LogP) is 2.01. The minimum absolute atomic E-state index is 0.159. The molecule has 0 aliphatic heterocycles. The van der Waals surface area contributed by atoms with Crippen LogP contribution >= 0.6 is 11.3 Å². The molecule has 1 rings (SSSR count). The van der Waals surface area contributed by atoms with Gasteiger partial charge in [-0.05, 0) is 25.5 Å². The van der Waals surface area contributed by atoms with Gasteiger partial charge in [-0.3, -0.25) is 0 Å². The van der Waals surface area contributed by atoms with Gasteiger partial charge in [0.2, 0.25) is 0 Å². The third-order valence-electron chi connectivity index (χ3n) is 2.66. The average molecular weight is 229 g/mol. The number of ether oxygens (including phenoxy) is 1. The first kappa shape index (κ1) is 12.5. The van der Waals surface area contributed by atoms with E-state index in [4.69, 9.17) is 4.74 Å². The lowest BCUT2D eigenvalue weighted by molar-refractivity contribution is 0.169. The zero-order valence-electron chi connectivity index (χ0n) is 9.54. The lowest BCUT2D eigenvalue weighted by Crippen LogP contribution is -2.44. The molecule has 0 amide bonds. The highest BCUT2D eigenvalue weighted by molar-refractivity contribution is 7.13. The molecule has 1 aromatic rings. The highest BCUT2D eigenvalue weighted by Gasteiger charge is 2.19. The fraction of sp³-hybridized carbons (Fsp3) is 0.636. The Hall–Kier alpha value is -0.580. The zero-order valence-corrected chi connectivity index (χ0v) is 10.4. The minimum atomic E-state index is -0.183. The molecule has 0 radical (unpaired) electrons. The van der Waals surface area contributed by atoms with E-state index in [-0.39, 0.29) is 12.1 Å². The molecular formula is C11H19NO2S. The molecule has 0 spiro atoms. The molecule has 2 N–H and O–H groups in total. The van der Waals surface area contributed by atoms with Crippen molar-refractivity contribution in [3.8, 4) is 5.06 Å². The molecule has 1 heterocycles. The molecule has 0 aliphatic rings. The van der Waals surface area contributed by atoms with Crippen molar-refractivity contribution in [2.45, 2.75) is 32.4 Å². The summed E-state index contributed by atoms with van der Waals surface area (Å²) in [4.78, 5) is 1.22. The Morgan fingerprint density at radius 1 is 1.53 bits per heavy atom. The second-order valence-electron chi connectivity index (χ2n) is 3.85. The van der Waals surface area contributed by atoms with E-state index in [0.29, 0.717) is 0 Å². The van der Waals surface area contributed by atoms with E-state index in [0.717, 1.165) is 18.0 Å². The molecule has 1 aromatic heterocycles. The van der Waals surface area contributed by atoms with Gasteiger partial charge < -0.3 is 15.2 Å². The average Bonchev–Trinajstić information content (AvgIpc) is 2.74. The topological polar surface area (TPSA) is 41.5 Å². The molecule has 3 nitrogen and oxygen atoms in total. The molecule has 0 saturated heterocycles. The van der Waals surface area contributed by atoms with Crippen molar-refractivity contribution in [1.82, 2.24) is 5.32 Å². The smallest absolute Gasteiger partial charge is 0.173 e. The van der Waals surface area contributed by atoms with Crippen LogP contribution in [0.15, 0.2) is 12.1 Å². The molecule has 1 unspecified atom stereocenters. The number of aliphatic hydroxyl groups excluding tert-OH is 1. The quantitative estimate of drug-likeness (QED) is 0.784. The van der Waals surface area contributed by atoms with Crippen molar-refractivity contribution in [3.63, 3.8) is 0 Å². The number of rotatable bonds is 6. The largest absolute Gasteiger partial charge is 0.487 e. The molecule has 0 aliphatic carbocycles. The number of thiophene rings is 1. The first-order chi connectivity index (χ1) is 7.13. The Bertz CT molecular complexity index is 295. The number of hydrogen-bond acceptors (Lipinski definition) is 4.